The van der Waals surface area contributed by atoms with Crippen LogP contribution in [0.2, 0.25) is 5.02 Å². The molecular formula is C18H21ClN2O2. The first-order chi connectivity index (χ1) is 10.8. The summed E-state index contributed by atoms with van der Waals surface area (Å²) < 4.78 is 1.75. The number of halogens is 1. The molecule has 1 heterocycles. The molecule has 1 aliphatic rings. The van der Waals surface area contributed by atoms with E-state index in [4.69, 9.17) is 11.6 Å². The van der Waals surface area contributed by atoms with Gasteiger partial charge in [-0.15, -0.1) is 0 Å². The van der Waals surface area contributed by atoms with Crippen molar-refractivity contribution in [2.75, 3.05) is 0 Å². The van der Waals surface area contributed by atoms with E-state index in [0.29, 0.717) is 10.9 Å². The average molecular weight is 333 g/mol. The number of hydrogen-bond donors (Lipinski definition) is 1. The molecule has 1 unspecified atom stereocenters. The molecule has 0 spiro atoms. The fourth-order valence-corrected chi connectivity index (χ4v) is 3.53. The van der Waals surface area contributed by atoms with Crippen LogP contribution in [0, 0.1) is 11.3 Å². The van der Waals surface area contributed by atoms with Crippen molar-refractivity contribution in [2.24, 2.45) is 11.3 Å². The first kappa shape index (κ1) is 16.1. The number of carboxylic acid groups (broad SMARTS) is 1. The Bertz CT molecular complexity index is 759. The molecule has 1 aromatic heterocycles. The zero-order valence-electron chi connectivity index (χ0n) is 13.6. The molecule has 0 radical (unpaired) electrons. The molecule has 3 rings (SSSR count). The molecule has 0 saturated heterocycles. The summed E-state index contributed by atoms with van der Waals surface area (Å²) in [5, 5.41) is 14.5. The third-order valence-electron chi connectivity index (χ3n) is 4.75. The molecule has 1 N–H and O–H groups in total. The summed E-state index contributed by atoms with van der Waals surface area (Å²) in [6.07, 6.45) is 2.65. The Morgan fingerprint density at radius 1 is 1.39 bits per heavy atom. The summed E-state index contributed by atoms with van der Waals surface area (Å²) in [7, 11) is 0. The molecule has 0 fully saturated rings. The van der Waals surface area contributed by atoms with Crippen molar-refractivity contribution in [3.05, 3.63) is 46.2 Å². The molecule has 0 saturated carbocycles. The predicted octanol–water partition coefficient (Wildman–Crippen LogP) is 4.37. The third-order valence-corrected chi connectivity index (χ3v) is 4.99. The van der Waals surface area contributed by atoms with E-state index in [1.807, 2.05) is 18.2 Å². The van der Waals surface area contributed by atoms with Crippen molar-refractivity contribution in [2.45, 2.75) is 40.0 Å². The number of carbonyl (C=O) groups is 1. The molecule has 0 amide bonds. The topological polar surface area (TPSA) is 55.1 Å². The zero-order chi connectivity index (χ0) is 16.8. The Morgan fingerprint density at radius 3 is 2.74 bits per heavy atom. The standard InChI is InChI=1S/C18H21ClN2O2/c1-18(2,3)11-7-8-15-14(9-11)16(17(22)23)20-21(15)13-6-4-5-12(19)10-13/h4-6,10-11H,7-9H2,1-3H3,(H,22,23). The maximum Gasteiger partial charge on any atom is 0.356 e. The van der Waals surface area contributed by atoms with Gasteiger partial charge in [-0.25, -0.2) is 9.48 Å². The van der Waals surface area contributed by atoms with Crippen molar-refractivity contribution in [3.8, 4) is 5.69 Å². The summed E-state index contributed by atoms with van der Waals surface area (Å²) in [6, 6.07) is 7.37. The highest BCUT2D eigenvalue weighted by Crippen LogP contribution is 2.39. The number of carboxylic acids is 1. The summed E-state index contributed by atoms with van der Waals surface area (Å²) >= 11 is 6.07. The molecule has 1 aliphatic carbocycles. The van der Waals surface area contributed by atoms with Crippen molar-refractivity contribution < 1.29 is 9.90 Å². The fraction of sp³-hybridized carbons (Fsp3) is 0.444. The maximum atomic E-state index is 11.6. The Hall–Kier alpha value is -1.81. The maximum absolute atomic E-state index is 11.6. The van der Waals surface area contributed by atoms with Crippen LogP contribution in [-0.4, -0.2) is 20.9 Å². The number of aromatic carboxylic acids is 1. The van der Waals surface area contributed by atoms with E-state index < -0.39 is 5.97 Å². The van der Waals surface area contributed by atoms with E-state index in [9.17, 15) is 9.90 Å². The van der Waals surface area contributed by atoms with E-state index in [0.717, 1.165) is 36.2 Å². The Morgan fingerprint density at radius 2 is 2.13 bits per heavy atom. The summed E-state index contributed by atoms with van der Waals surface area (Å²) in [6.45, 7) is 6.64. The number of hydrogen-bond acceptors (Lipinski definition) is 2. The smallest absolute Gasteiger partial charge is 0.356 e. The van der Waals surface area contributed by atoms with Gasteiger partial charge in [-0.3, -0.25) is 0 Å². The van der Waals surface area contributed by atoms with Crippen LogP contribution < -0.4 is 0 Å². The average Bonchev–Trinajstić information content (AvgIpc) is 2.85. The minimum absolute atomic E-state index is 0.158. The first-order valence-corrected chi connectivity index (χ1v) is 8.25. The molecule has 0 bridgehead atoms. The van der Waals surface area contributed by atoms with E-state index in [-0.39, 0.29) is 11.1 Å². The summed E-state index contributed by atoms with van der Waals surface area (Å²) in [5.74, 6) is -0.498. The van der Waals surface area contributed by atoms with Crippen LogP contribution in [0.3, 0.4) is 0 Å². The normalized spacial score (nSPS) is 17.8. The van der Waals surface area contributed by atoms with Crippen LogP contribution in [0.15, 0.2) is 24.3 Å². The van der Waals surface area contributed by atoms with Gasteiger partial charge in [0.1, 0.15) is 0 Å². The van der Waals surface area contributed by atoms with Gasteiger partial charge in [0.15, 0.2) is 5.69 Å². The number of aromatic nitrogens is 2. The van der Waals surface area contributed by atoms with Gasteiger partial charge >= 0.3 is 5.97 Å². The van der Waals surface area contributed by atoms with E-state index >= 15 is 0 Å². The lowest BCUT2D eigenvalue weighted by Crippen LogP contribution is -2.27. The Balaban J connectivity index is 2.10. The number of nitrogens with zero attached hydrogens (tertiary/aromatic N) is 2. The van der Waals surface area contributed by atoms with Gasteiger partial charge in [0.2, 0.25) is 0 Å². The van der Waals surface area contributed by atoms with Gasteiger partial charge in [0.05, 0.1) is 5.69 Å². The Labute approximate surface area is 141 Å². The second-order valence-electron chi connectivity index (χ2n) is 7.28. The molecule has 0 aliphatic heterocycles. The highest BCUT2D eigenvalue weighted by Gasteiger charge is 2.34. The molecule has 4 nitrogen and oxygen atoms in total. The SMILES string of the molecule is CC(C)(C)C1CCc2c(c(C(=O)O)nn2-c2cccc(Cl)c2)C1. The number of rotatable bonds is 2. The predicted molar refractivity (Wildman–Crippen MR) is 90.5 cm³/mol. The molecule has 1 atom stereocenters. The largest absolute Gasteiger partial charge is 0.476 e. The van der Waals surface area contributed by atoms with Gasteiger partial charge in [-0.1, -0.05) is 38.4 Å². The second-order valence-corrected chi connectivity index (χ2v) is 7.71. The lowest BCUT2D eigenvalue weighted by atomic mass is 9.71. The van der Waals surface area contributed by atoms with E-state index in [1.54, 1.807) is 10.7 Å². The van der Waals surface area contributed by atoms with Crippen LogP contribution >= 0.6 is 11.6 Å². The summed E-state index contributed by atoms with van der Waals surface area (Å²) in [5.41, 5.74) is 3.03. The van der Waals surface area contributed by atoms with Gasteiger partial charge in [-0.2, -0.15) is 5.10 Å². The van der Waals surface area contributed by atoms with Gasteiger partial charge in [0.25, 0.3) is 0 Å². The highest BCUT2D eigenvalue weighted by molar-refractivity contribution is 6.30. The monoisotopic (exact) mass is 332 g/mol. The molecule has 5 heteroatoms. The molecule has 2 aromatic rings. The van der Waals surface area contributed by atoms with Crippen LogP contribution in [0.1, 0.15) is 48.9 Å². The van der Waals surface area contributed by atoms with Crippen LogP contribution in [-0.2, 0) is 12.8 Å². The van der Waals surface area contributed by atoms with E-state index in [1.165, 1.54) is 0 Å². The van der Waals surface area contributed by atoms with Crippen LogP contribution in [0.4, 0.5) is 0 Å². The Kier molecular flexibility index (Phi) is 3.96. The fourth-order valence-electron chi connectivity index (χ4n) is 3.35. The summed E-state index contributed by atoms with van der Waals surface area (Å²) in [4.78, 5) is 11.6. The molecule has 1 aromatic carbocycles. The molecule has 122 valence electrons. The molecule has 23 heavy (non-hydrogen) atoms. The second kappa shape index (κ2) is 5.68. The van der Waals surface area contributed by atoms with Gasteiger partial charge in [-0.05, 0) is 48.8 Å². The molecular weight excluding hydrogens is 312 g/mol. The minimum Gasteiger partial charge on any atom is -0.476 e. The quantitative estimate of drug-likeness (QED) is 0.888. The van der Waals surface area contributed by atoms with Crippen molar-refractivity contribution >= 4 is 17.6 Å². The van der Waals surface area contributed by atoms with Gasteiger partial charge in [0, 0.05) is 16.3 Å². The third kappa shape index (κ3) is 3.00. The van der Waals surface area contributed by atoms with Gasteiger partial charge < -0.3 is 5.11 Å². The number of fused-ring (bicyclic) bond motifs is 1. The van der Waals surface area contributed by atoms with Crippen LogP contribution in [0.5, 0.6) is 0 Å². The zero-order valence-corrected chi connectivity index (χ0v) is 14.4. The minimum atomic E-state index is -0.961. The van der Waals surface area contributed by atoms with Crippen molar-refractivity contribution in [1.82, 2.24) is 9.78 Å². The number of benzene rings is 1. The highest BCUT2D eigenvalue weighted by atomic mass is 35.5. The van der Waals surface area contributed by atoms with Crippen molar-refractivity contribution in [1.29, 1.82) is 0 Å². The van der Waals surface area contributed by atoms with Crippen LogP contribution in [0.25, 0.3) is 5.69 Å². The first-order valence-electron chi connectivity index (χ1n) is 7.87. The lowest BCUT2D eigenvalue weighted by molar-refractivity contribution is 0.0687. The van der Waals surface area contributed by atoms with E-state index in [2.05, 4.69) is 25.9 Å². The lowest BCUT2D eigenvalue weighted by Gasteiger charge is -2.34. The van der Waals surface area contributed by atoms with Crippen molar-refractivity contribution in [3.63, 3.8) is 0 Å².